The number of fused-ring (bicyclic) bond motifs is 1. The molecule has 4 nitrogen and oxygen atoms in total. The summed E-state index contributed by atoms with van der Waals surface area (Å²) in [6.07, 6.45) is 2.82. The Morgan fingerprint density at radius 3 is 3.06 bits per heavy atom. The molecule has 1 aliphatic heterocycles. The van der Waals surface area contributed by atoms with Crippen LogP contribution in [0.4, 0.5) is 11.4 Å². The van der Waals surface area contributed by atoms with Crippen LogP contribution in [0.25, 0.3) is 10.9 Å². The van der Waals surface area contributed by atoms with Crippen molar-refractivity contribution in [3.05, 3.63) is 30.5 Å². The molecular weight excluding hydrogens is 202 g/mol. The summed E-state index contributed by atoms with van der Waals surface area (Å²) < 4.78 is 0. The van der Waals surface area contributed by atoms with Crippen molar-refractivity contribution in [2.24, 2.45) is 0 Å². The lowest BCUT2D eigenvalue weighted by molar-refractivity contribution is 0.169. The third-order valence-electron chi connectivity index (χ3n) is 2.80. The Morgan fingerprint density at radius 2 is 2.25 bits per heavy atom. The smallest absolute Gasteiger partial charge is 0.0952 e. The van der Waals surface area contributed by atoms with Crippen molar-refractivity contribution in [1.29, 1.82) is 0 Å². The molecule has 0 amide bonds. The van der Waals surface area contributed by atoms with Crippen LogP contribution in [0.1, 0.15) is 6.42 Å². The summed E-state index contributed by atoms with van der Waals surface area (Å²) in [5, 5.41) is 2.97. The molecular formula is C12H13N3O. The van der Waals surface area contributed by atoms with Crippen molar-refractivity contribution < 1.29 is 4.84 Å². The Bertz CT molecular complexity index is 521. The minimum atomic E-state index is 0.707. The van der Waals surface area contributed by atoms with Gasteiger partial charge in [0.15, 0.2) is 0 Å². The molecule has 0 aliphatic carbocycles. The van der Waals surface area contributed by atoms with Gasteiger partial charge in [-0.25, -0.2) is 0 Å². The number of nitrogens with two attached hydrogens (primary N) is 1. The summed E-state index contributed by atoms with van der Waals surface area (Å²) in [5.41, 5.74) is 8.50. The third kappa shape index (κ3) is 1.39. The number of pyridine rings is 1. The minimum absolute atomic E-state index is 0.707. The fourth-order valence-corrected chi connectivity index (χ4v) is 2.03. The molecule has 82 valence electrons. The predicted octanol–water partition coefficient (Wildman–Crippen LogP) is 1.96. The van der Waals surface area contributed by atoms with E-state index in [9.17, 15) is 0 Å². The number of hydrogen-bond acceptors (Lipinski definition) is 4. The van der Waals surface area contributed by atoms with Crippen molar-refractivity contribution in [2.45, 2.75) is 6.42 Å². The Labute approximate surface area is 93.6 Å². The molecule has 1 saturated heterocycles. The maximum atomic E-state index is 5.90. The van der Waals surface area contributed by atoms with E-state index < -0.39 is 0 Å². The normalized spacial score (nSPS) is 15.9. The molecule has 2 aromatic rings. The lowest BCUT2D eigenvalue weighted by atomic mass is 10.1. The van der Waals surface area contributed by atoms with Gasteiger partial charge in [-0.05, 0) is 30.7 Å². The molecule has 4 heteroatoms. The van der Waals surface area contributed by atoms with Crippen molar-refractivity contribution in [1.82, 2.24) is 4.98 Å². The van der Waals surface area contributed by atoms with E-state index in [4.69, 9.17) is 10.6 Å². The zero-order valence-corrected chi connectivity index (χ0v) is 8.89. The van der Waals surface area contributed by atoms with Crippen LogP contribution in [0.15, 0.2) is 30.5 Å². The fourth-order valence-electron chi connectivity index (χ4n) is 2.03. The first kappa shape index (κ1) is 9.42. The first-order chi connectivity index (χ1) is 7.86. The van der Waals surface area contributed by atoms with E-state index in [0.29, 0.717) is 5.69 Å². The van der Waals surface area contributed by atoms with Crippen LogP contribution in [-0.4, -0.2) is 18.1 Å². The zero-order chi connectivity index (χ0) is 11.0. The maximum Gasteiger partial charge on any atom is 0.0952 e. The van der Waals surface area contributed by atoms with E-state index in [0.717, 1.165) is 36.2 Å². The minimum Gasteiger partial charge on any atom is -0.397 e. The van der Waals surface area contributed by atoms with Gasteiger partial charge in [0.05, 0.1) is 23.5 Å². The SMILES string of the molecule is Nc1ccc(N2CCCO2)c2cccnc12. The molecule has 3 rings (SSSR count). The van der Waals surface area contributed by atoms with Crippen LogP contribution in [0, 0.1) is 0 Å². The Hall–Kier alpha value is -1.81. The molecule has 16 heavy (non-hydrogen) atoms. The van der Waals surface area contributed by atoms with E-state index in [1.54, 1.807) is 6.20 Å². The van der Waals surface area contributed by atoms with Crippen LogP contribution >= 0.6 is 0 Å². The second-order valence-electron chi connectivity index (χ2n) is 3.86. The van der Waals surface area contributed by atoms with Gasteiger partial charge in [-0.15, -0.1) is 0 Å². The average Bonchev–Trinajstić information content (AvgIpc) is 2.83. The second-order valence-corrected chi connectivity index (χ2v) is 3.86. The summed E-state index contributed by atoms with van der Waals surface area (Å²) >= 11 is 0. The lowest BCUT2D eigenvalue weighted by Gasteiger charge is -2.18. The molecule has 0 bridgehead atoms. The van der Waals surface area contributed by atoms with Crippen LogP contribution in [-0.2, 0) is 4.84 Å². The van der Waals surface area contributed by atoms with Gasteiger partial charge >= 0.3 is 0 Å². The molecule has 0 radical (unpaired) electrons. The summed E-state index contributed by atoms with van der Waals surface area (Å²) in [6, 6.07) is 7.81. The van der Waals surface area contributed by atoms with Crippen LogP contribution in [0.5, 0.6) is 0 Å². The molecule has 0 spiro atoms. The number of hydroxylamine groups is 1. The summed E-state index contributed by atoms with van der Waals surface area (Å²) in [5.74, 6) is 0. The van der Waals surface area contributed by atoms with Gasteiger partial charge in [-0.2, -0.15) is 0 Å². The lowest BCUT2D eigenvalue weighted by Crippen LogP contribution is -2.16. The second kappa shape index (κ2) is 3.64. The summed E-state index contributed by atoms with van der Waals surface area (Å²) in [4.78, 5) is 9.86. The highest BCUT2D eigenvalue weighted by Gasteiger charge is 2.16. The van der Waals surface area contributed by atoms with Gasteiger partial charge in [0.1, 0.15) is 0 Å². The van der Waals surface area contributed by atoms with Crippen molar-refractivity contribution in [3.8, 4) is 0 Å². The summed E-state index contributed by atoms with van der Waals surface area (Å²) in [6.45, 7) is 1.71. The Balaban J connectivity index is 2.21. The van der Waals surface area contributed by atoms with Crippen LogP contribution in [0.3, 0.4) is 0 Å². The van der Waals surface area contributed by atoms with E-state index in [1.165, 1.54) is 0 Å². The molecule has 2 N–H and O–H groups in total. The maximum absolute atomic E-state index is 5.90. The molecule has 1 aromatic heterocycles. The van der Waals surface area contributed by atoms with E-state index >= 15 is 0 Å². The molecule has 1 aliphatic rings. The number of hydrogen-bond donors (Lipinski definition) is 1. The highest BCUT2D eigenvalue weighted by Crippen LogP contribution is 2.30. The molecule has 0 atom stereocenters. The van der Waals surface area contributed by atoms with E-state index in [-0.39, 0.29) is 0 Å². The van der Waals surface area contributed by atoms with Gasteiger partial charge in [0.25, 0.3) is 0 Å². The van der Waals surface area contributed by atoms with E-state index in [2.05, 4.69) is 4.98 Å². The van der Waals surface area contributed by atoms with E-state index in [1.807, 2.05) is 29.3 Å². The first-order valence-electron chi connectivity index (χ1n) is 5.40. The predicted molar refractivity (Wildman–Crippen MR) is 64.1 cm³/mol. The van der Waals surface area contributed by atoms with Crippen molar-refractivity contribution >= 4 is 22.3 Å². The Morgan fingerprint density at radius 1 is 1.31 bits per heavy atom. The molecule has 1 fully saturated rings. The quantitative estimate of drug-likeness (QED) is 0.739. The van der Waals surface area contributed by atoms with Crippen molar-refractivity contribution in [3.63, 3.8) is 0 Å². The molecule has 0 unspecified atom stereocenters. The summed E-state index contributed by atoms with van der Waals surface area (Å²) in [7, 11) is 0. The number of nitrogens with zero attached hydrogens (tertiary/aromatic N) is 2. The van der Waals surface area contributed by atoms with Gasteiger partial charge in [0.2, 0.25) is 0 Å². The van der Waals surface area contributed by atoms with Crippen LogP contribution < -0.4 is 10.8 Å². The number of anilines is 2. The average molecular weight is 215 g/mol. The van der Waals surface area contributed by atoms with Crippen molar-refractivity contribution in [2.75, 3.05) is 23.9 Å². The Kier molecular flexibility index (Phi) is 2.15. The number of benzene rings is 1. The largest absolute Gasteiger partial charge is 0.397 e. The molecule has 2 heterocycles. The molecule has 1 aromatic carbocycles. The van der Waals surface area contributed by atoms with Crippen LogP contribution in [0.2, 0.25) is 0 Å². The molecule has 0 saturated carbocycles. The van der Waals surface area contributed by atoms with Gasteiger partial charge in [-0.1, -0.05) is 0 Å². The topological polar surface area (TPSA) is 51.4 Å². The standard InChI is InChI=1S/C12H13N3O/c13-10-4-5-11(15-7-2-8-16-15)9-3-1-6-14-12(9)10/h1,3-6H,2,7-8,13H2. The monoisotopic (exact) mass is 215 g/mol. The number of rotatable bonds is 1. The zero-order valence-electron chi connectivity index (χ0n) is 8.89. The fraction of sp³-hybridized carbons (Fsp3) is 0.250. The van der Waals surface area contributed by atoms with Gasteiger partial charge in [-0.3, -0.25) is 14.9 Å². The highest BCUT2D eigenvalue weighted by molar-refractivity contribution is 5.98. The first-order valence-corrected chi connectivity index (χ1v) is 5.40. The van der Waals surface area contributed by atoms with Gasteiger partial charge in [0, 0.05) is 18.1 Å². The number of aromatic nitrogens is 1. The highest BCUT2D eigenvalue weighted by atomic mass is 16.7. The van der Waals surface area contributed by atoms with Gasteiger partial charge < -0.3 is 5.73 Å². The third-order valence-corrected chi connectivity index (χ3v) is 2.80. The number of nitrogen functional groups attached to an aromatic ring is 1.